The lowest BCUT2D eigenvalue weighted by Crippen LogP contribution is -2.20. The summed E-state index contributed by atoms with van der Waals surface area (Å²) in [6.07, 6.45) is -4.25. The molecule has 2 nitrogen and oxygen atoms in total. The van der Waals surface area contributed by atoms with E-state index in [4.69, 9.17) is 0 Å². The molecule has 0 atom stereocenters. The van der Waals surface area contributed by atoms with Crippen LogP contribution in [-0.2, 0) is 4.74 Å². The van der Waals surface area contributed by atoms with Crippen molar-refractivity contribution < 1.29 is 17.9 Å². The Morgan fingerprint density at radius 3 is 2.53 bits per heavy atom. The highest BCUT2D eigenvalue weighted by Gasteiger charge is 2.27. The van der Waals surface area contributed by atoms with E-state index in [1.807, 2.05) is 32.0 Å². The summed E-state index contributed by atoms with van der Waals surface area (Å²) in [5.74, 6) is 0. The fourth-order valence-corrected chi connectivity index (χ4v) is 1.46. The lowest BCUT2D eigenvalue weighted by molar-refractivity contribution is -0.172. The second kappa shape index (κ2) is 5.91. The van der Waals surface area contributed by atoms with Crippen LogP contribution in [0.5, 0.6) is 0 Å². The van der Waals surface area contributed by atoms with Crippen molar-refractivity contribution in [3.8, 4) is 0 Å². The van der Waals surface area contributed by atoms with Gasteiger partial charge in [0.2, 0.25) is 0 Å². The van der Waals surface area contributed by atoms with E-state index in [2.05, 4.69) is 10.1 Å². The maximum absolute atomic E-state index is 11.8. The van der Waals surface area contributed by atoms with Gasteiger partial charge in [0, 0.05) is 12.2 Å². The zero-order valence-electron chi connectivity index (χ0n) is 9.90. The predicted octanol–water partition coefficient (Wildman–Crippen LogP) is 3.29. The molecule has 17 heavy (non-hydrogen) atoms. The first-order valence-corrected chi connectivity index (χ1v) is 5.34. The zero-order valence-corrected chi connectivity index (χ0v) is 9.90. The lowest BCUT2D eigenvalue weighted by atomic mass is 10.1. The predicted molar refractivity (Wildman–Crippen MR) is 61.3 cm³/mol. The third-order valence-electron chi connectivity index (χ3n) is 2.21. The Labute approximate surface area is 98.8 Å². The molecule has 0 unspecified atom stereocenters. The minimum atomic E-state index is -4.25. The molecule has 0 spiro atoms. The Balaban J connectivity index is 2.27. The van der Waals surface area contributed by atoms with Crippen molar-refractivity contribution in [2.75, 3.05) is 25.1 Å². The number of anilines is 1. The highest BCUT2D eigenvalue weighted by atomic mass is 19.4. The fourth-order valence-electron chi connectivity index (χ4n) is 1.46. The molecule has 0 heterocycles. The zero-order chi connectivity index (χ0) is 12.9. The number of benzene rings is 1. The Bertz CT molecular complexity index is 363. The van der Waals surface area contributed by atoms with Gasteiger partial charge < -0.3 is 10.1 Å². The molecule has 0 aliphatic heterocycles. The Morgan fingerprint density at radius 2 is 1.94 bits per heavy atom. The van der Waals surface area contributed by atoms with Gasteiger partial charge in [0.25, 0.3) is 0 Å². The van der Waals surface area contributed by atoms with Gasteiger partial charge >= 0.3 is 6.18 Å². The molecule has 0 aliphatic rings. The molecular weight excluding hydrogens is 231 g/mol. The molecule has 1 aromatic carbocycles. The van der Waals surface area contributed by atoms with Gasteiger partial charge in [-0.15, -0.1) is 0 Å². The van der Waals surface area contributed by atoms with E-state index >= 15 is 0 Å². The van der Waals surface area contributed by atoms with Crippen molar-refractivity contribution in [1.29, 1.82) is 0 Å². The van der Waals surface area contributed by atoms with Crippen LogP contribution in [0.15, 0.2) is 18.2 Å². The van der Waals surface area contributed by atoms with Crippen LogP contribution in [0.25, 0.3) is 0 Å². The van der Waals surface area contributed by atoms with Gasteiger partial charge in [0.05, 0.1) is 6.61 Å². The summed E-state index contributed by atoms with van der Waals surface area (Å²) in [6.45, 7) is 3.14. The highest BCUT2D eigenvalue weighted by molar-refractivity contribution is 5.51. The maximum atomic E-state index is 11.8. The summed E-state index contributed by atoms with van der Waals surface area (Å²) in [5.41, 5.74) is 3.15. The second-order valence-electron chi connectivity index (χ2n) is 3.91. The SMILES string of the molecule is Cc1ccc(NCCOCC(F)(F)F)c(C)c1. The van der Waals surface area contributed by atoms with Gasteiger partial charge in [0.1, 0.15) is 6.61 Å². The van der Waals surface area contributed by atoms with Crippen LogP contribution < -0.4 is 5.32 Å². The molecule has 0 radical (unpaired) electrons. The average Bonchev–Trinajstić information content (AvgIpc) is 2.18. The van der Waals surface area contributed by atoms with E-state index in [1.165, 1.54) is 0 Å². The lowest BCUT2D eigenvalue weighted by Gasteiger charge is -2.11. The number of rotatable bonds is 5. The van der Waals surface area contributed by atoms with Gasteiger partial charge in [-0.05, 0) is 25.5 Å². The summed E-state index contributed by atoms with van der Waals surface area (Å²) in [5, 5.41) is 3.03. The van der Waals surface area contributed by atoms with Crippen molar-refractivity contribution in [2.45, 2.75) is 20.0 Å². The average molecular weight is 247 g/mol. The van der Waals surface area contributed by atoms with Crippen molar-refractivity contribution in [1.82, 2.24) is 0 Å². The molecule has 1 rings (SSSR count). The van der Waals surface area contributed by atoms with E-state index in [0.29, 0.717) is 6.54 Å². The number of hydrogen-bond donors (Lipinski definition) is 1. The molecule has 0 aliphatic carbocycles. The van der Waals surface area contributed by atoms with Crippen LogP contribution in [-0.4, -0.2) is 25.9 Å². The summed E-state index contributed by atoms with van der Waals surface area (Å²) in [6, 6.07) is 5.87. The molecule has 0 fully saturated rings. The number of ether oxygens (including phenoxy) is 1. The second-order valence-corrected chi connectivity index (χ2v) is 3.91. The quantitative estimate of drug-likeness (QED) is 0.806. The van der Waals surface area contributed by atoms with E-state index in [0.717, 1.165) is 16.8 Å². The third-order valence-corrected chi connectivity index (χ3v) is 2.21. The van der Waals surface area contributed by atoms with Crippen molar-refractivity contribution in [3.05, 3.63) is 29.3 Å². The third kappa shape index (κ3) is 5.58. The Kier molecular flexibility index (Phi) is 4.81. The first kappa shape index (κ1) is 13.8. The normalized spacial score (nSPS) is 11.6. The summed E-state index contributed by atoms with van der Waals surface area (Å²) in [4.78, 5) is 0. The van der Waals surface area contributed by atoms with Crippen LogP contribution >= 0.6 is 0 Å². The van der Waals surface area contributed by atoms with Crippen LogP contribution in [0.3, 0.4) is 0 Å². The first-order chi connectivity index (χ1) is 7.88. The Hall–Kier alpha value is -1.23. The molecule has 0 amide bonds. The van der Waals surface area contributed by atoms with Gasteiger partial charge in [-0.3, -0.25) is 0 Å². The monoisotopic (exact) mass is 247 g/mol. The van der Waals surface area contributed by atoms with Crippen LogP contribution in [0.2, 0.25) is 0 Å². The molecule has 1 aromatic rings. The van der Waals surface area contributed by atoms with E-state index in [-0.39, 0.29) is 6.61 Å². The van der Waals surface area contributed by atoms with E-state index in [9.17, 15) is 13.2 Å². The molecule has 0 bridgehead atoms. The molecule has 0 saturated heterocycles. The molecule has 5 heteroatoms. The van der Waals surface area contributed by atoms with Gasteiger partial charge in [-0.1, -0.05) is 17.7 Å². The summed E-state index contributed by atoms with van der Waals surface area (Å²) < 4.78 is 39.8. The largest absolute Gasteiger partial charge is 0.411 e. The highest BCUT2D eigenvalue weighted by Crippen LogP contribution is 2.16. The molecule has 0 saturated carbocycles. The smallest absolute Gasteiger partial charge is 0.383 e. The maximum Gasteiger partial charge on any atom is 0.411 e. The molecular formula is C12H16F3NO. The summed E-state index contributed by atoms with van der Waals surface area (Å²) >= 11 is 0. The van der Waals surface area contributed by atoms with Crippen molar-refractivity contribution >= 4 is 5.69 Å². The topological polar surface area (TPSA) is 21.3 Å². The molecule has 0 aromatic heterocycles. The number of alkyl halides is 3. The number of aryl methyl sites for hydroxylation is 2. The van der Waals surface area contributed by atoms with Crippen LogP contribution in [0.1, 0.15) is 11.1 Å². The van der Waals surface area contributed by atoms with Crippen LogP contribution in [0, 0.1) is 13.8 Å². The summed E-state index contributed by atoms with van der Waals surface area (Å²) in [7, 11) is 0. The van der Waals surface area contributed by atoms with Gasteiger partial charge in [-0.25, -0.2) is 0 Å². The standard InChI is InChI=1S/C12H16F3NO/c1-9-3-4-11(10(2)7-9)16-5-6-17-8-12(13,14)15/h3-4,7,16H,5-6,8H2,1-2H3. The van der Waals surface area contributed by atoms with E-state index in [1.54, 1.807) is 0 Å². The van der Waals surface area contributed by atoms with Gasteiger partial charge in [-0.2, -0.15) is 13.2 Å². The molecule has 96 valence electrons. The fraction of sp³-hybridized carbons (Fsp3) is 0.500. The van der Waals surface area contributed by atoms with Crippen molar-refractivity contribution in [2.24, 2.45) is 0 Å². The number of nitrogens with one attached hydrogen (secondary N) is 1. The minimum Gasteiger partial charge on any atom is -0.383 e. The Morgan fingerprint density at radius 1 is 1.24 bits per heavy atom. The number of hydrogen-bond acceptors (Lipinski definition) is 2. The first-order valence-electron chi connectivity index (χ1n) is 5.34. The molecule has 1 N–H and O–H groups in total. The number of halogens is 3. The minimum absolute atomic E-state index is 0.0346. The van der Waals surface area contributed by atoms with Gasteiger partial charge in [0.15, 0.2) is 0 Å². The van der Waals surface area contributed by atoms with Crippen molar-refractivity contribution in [3.63, 3.8) is 0 Å². The van der Waals surface area contributed by atoms with E-state index < -0.39 is 12.8 Å². The van der Waals surface area contributed by atoms with Crippen LogP contribution in [0.4, 0.5) is 18.9 Å².